The van der Waals surface area contributed by atoms with Crippen molar-refractivity contribution in [3.8, 4) is 0 Å². The Morgan fingerprint density at radius 1 is 1.00 bits per heavy atom. The van der Waals surface area contributed by atoms with E-state index in [1.807, 2.05) is 18.2 Å². The largest absolute Gasteiger partial charge is 0.424 e. The van der Waals surface area contributed by atoms with E-state index in [4.69, 9.17) is 4.42 Å². The van der Waals surface area contributed by atoms with E-state index in [1.165, 1.54) is 5.56 Å². The maximum atomic E-state index is 5.82. The van der Waals surface area contributed by atoms with E-state index in [9.17, 15) is 0 Å². The molecule has 0 unspecified atom stereocenters. The molecule has 130 valence electrons. The fourth-order valence-corrected chi connectivity index (χ4v) is 3.18. The van der Waals surface area contributed by atoms with Crippen LogP contribution in [0.3, 0.4) is 0 Å². The van der Waals surface area contributed by atoms with Gasteiger partial charge in [-0.25, -0.2) is 0 Å². The van der Waals surface area contributed by atoms with Gasteiger partial charge in [-0.3, -0.25) is 4.90 Å². The van der Waals surface area contributed by atoms with E-state index in [2.05, 4.69) is 55.8 Å². The van der Waals surface area contributed by atoms with Crippen LogP contribution in [0.1, 0.15) is 48.8 Å². The highest BCUT2D eigenvalue weighted by atomic mass is 16.4. The fraction of sp³-hybridized carbons (Fsp3) is 0.444. The fourth-order valence-electron chi connectivity index (χ4n) is 3.18. The first-order chi connectivity index (χ1) is 12.2. The highest BCUT2D eigenvalue weighted by Crippen LogP contribution is 2.19. The molecule has 25 heavy (non-hydrogen) atoms. The summed E-state index contributed by atoms with van der Waals surface area (Å²) in [6.07, 6.45) is 0.667. The van der Waals surface area contributed by atoms with Crippen LogP contribution in [0.15, 0.2) is 34.7 Å². The molecule has 0 amide bonds. The molecular formula is C18H22N6O. The van der Waals surface area contributed by atoms with Gasteiger partial charge >= 0.3 is 0 Å². The quantitative estimate of drug-likeness (QED) is 0.711. The minimum Gasteiger partial charge on any atom is -0.424 e. The lowest BCUT2D eigenvalue weighted by atomic mass is 10.2. The van der Waals surface area contributed by atoms with Gasteiger partial charge in [0, 0.05) is 19.0 Å². The summed E-state index contributed by atoms with van der Waals surface area (Å²) in [5.41, 5.74) is 1.17. The lowest BCUT2D eigenvalue weighted by Crippen LogP contribution is -2.34. The number of hydrogen-bond donors (Lipinski definition) is 0. The summed E-state index contributed by atoms with van der Waals surface area (Å²) in [7, 11) is 0. The third-order valence-electron chi connectivity index (χ3n) is 4.44. The maximum absolute atomic E-state index is 5.82. The van der Waals surface area contributed by atoms with Crippen molar-refractivity contribution < 1.29 is 4.42 Å². The van der Waals surface area contributed by atoms with Crippen LogP contribution >= 0.6 is 0 Å². The normalized spacial score (nSPS) is 14.8. The number of rotatable bonds is 5. The van der Waals surface area contributed by atoms with Crippen LogP contribution < -0.4 is 0 Å². The lowest BCUT2D eigenvalue weighted by Gasteiger charge is -2.26. The maximum Gasteiger partial charge on any atom is 0.230 e. The molecule has 0 N–H and O–H groups in total. The summed E-state index contributed by atoms with van der Waals surface area (Å²) in [5.74, 6) is 3.78. The Bertz CT molecular complexity index is 838. The van der Waals surface area contributed by atoms with E-state index in [0.717, 1.165) is 31.3 Å². The van der Waals surface area contributed by atoms with Crippen LogP contribution in [-0.4, -0.2) is 36.4 Å². The molecule has 0 saturated heterocycles. The number of benzene rings is 1. The first-order valence-corrected chi connectivity index (χ1v) is 8.68. The van der Waals surface area contributed by atoms with Gasteiger partial charge in [-0.1, -0.05) is 44.2 Å². The molecular weight excluding hydrogens is 316 g/mol. The standard InChI is InChI=1S/C18H22N6O/c1-13(2)18-22-19-15-11-23(8-9-24(15)18)12-17-21-20-16(25-17)10-14-6-4-3-5-7-14/h3-7,13H,8-12H2,1-2H3. The zero-order chi connectivity index (χ0) is 17.2. The van der Waals surface area contributed by atoms with Crippen molar-refractivity contribution >= 4 is 0 Å². The second kappa shape index (κ2) is 6.76. The van der Waals surface area contributed by atoms with Gasteiger partial charge in [-0.2, -0.15) is 0 Å². The van der Waals surface area contributed by atoms with Gasteiger partial charge in [0.1, 0.15) is 11.6 Å². The second-order valence-electron chi connectivity index (χ2n) is 6.74. The molecule has 2 aromatic heterocycles. The van der Waals surface area contributed by atoms with E-state index in [0.29, 0.717) is 30.7 Å². The van der Waals surface area contributed by atoms with Crippen LogP contribution in [-0.2, 0) is 26.1 Å². The Hall–Kier alpha value is -2.54. The van der Waals surface area contributed by atoms with E-state index in [-0.39, 0.29) is 0 Å². The highest BCUT2D eigenvalue weighted by molar-refractivity contribution is 5.17. The first kappa shape index (κ1) is 16.0. The van der Waals surface area contributed by atoms with Gasteiger partial charge in [0.25, 0.3) is 0 Å². The molecule has 1 aromatic carbocycles. The van der Waals surface area contributed by atoms with Crippen LogP contribution in [0, 0.1) is 0 Å². The zero-order valence-electron chi connectivity index (χ0n) is 14.6. The summed E-state index contributed by atoms with van der Waals surface area (Å²) < 4.78 is 8.05. The molecule has 0 atom stereocenters. The summed E-state index contributed by atoms with van der Waals surface area (Å²) in [6.45, 7) is 7.54. The third-order valence-corrected chi connectivity index (χ3v) is 4.44. The van der Waals surface area contributed by atoms with Crippen molar-refractivity contribution in [2.45, 2.75) is 45.8 Å². The lowest BCUT2D eigenvalue weighted by molar-refractivity contribution is 0.187. The number of hydrogen-bond acceptors (Lipinski definition) is 6. The van der Waals surface area contributed by atoms with Crippen molar-refractivity contribution in [2.24, 2.45) is 0 Å². The van der Waals surface area contributed by atoms with E-state index in [1.54, 1.807) is 0 Å². The molecule has 3 aromatic rings. The van der Waals surface area contributed by atoms with Crippen molar-refractivity contribution in [3.05, 3.63) is 59.3 Å². The number of aromatic nitrogens is 5. The highest BCUT2D eigenvalue weighted by Gasteiger charge is 2.23. The summed E-state index contributed by atoms with van der Waals surface area (Å²) in [6, 6.07) is 10.2. The van der Waals surface area contributed by atoms with Crippen molar-refractivity contribution in [1.29, 1.82) is 0 Å². The average Bonchev–Trinajstić information content (AvgIpc) is 3.22. The van der Waals surface area contributed by atoms with Gasteiger partial charge in [-0.05, 0) is 5.56 Å². The molecule has 0 fully saturated rings. The predicted molar refractivity (Wildman–Crippen MR) is 91.8 cm³/mol. The minimum atomic E-state index is 0.393. The first-order valence-electron chi connectivity index (χ1n) is 8.68. The Morgan fingerprint density at radius 2 is 1.80 bits per heavy atom. The molecule has 1 aliphatic rings. The SMILES string of the molecule is CC(C)c1nnc2n1CCN(Cc1nnc(Cc3ccccc3)o1)C2. The molecule has 0 spiro atoms. The van der Waals surface area contributed by atoms with Crippen LogP contribution in [0.5, 0.6) is 0 Å². The second-order valence-corrected chi connectivity index (χ2v) is 6.74. The Balaban J connectivity index is 1.40. The molecule has 0 aliphatic carbocycles. The van der Waals surface area contributed by atoms with Crippen molar-refractivity contribution in [3.63, 3.8) is 0 Å². The Morgan fingerprint density at radius 3 is 2.60 bits per heavy atom. The molecule has 7 heteroatoms. The molecule has 0 bridgehead atoms. The number of fused-ring (bicyclic) bond motifs is 1. The summed E-state index contributed by atoms with van der Waals surface area (Å²) in [4.78, 5) is 2.27. The summed E-state index contributed by atoms with van der Waals surface area (Å²) >= 11 is 0. The topological polar surface area (TPSA) is 72.9 Å². The summed E-state index contributed by atoms with van der Waals surface area (Å²) in [5, 5.41) is 17.0. The molecule has 7 nitrogen and oxygen atoms in total. The van der Waals surface area contributed by atoms with E-state index >= 15 is 0 Å². The van der Waals surface area contributed by atoms with Gasteiger partial charge in [0.05, 0.1) is 19.5 Å². The van der Waals surface area contributed by atoms with Crippen LogP contribution in [0.2, 0.25) is 0 Å². The minimum absolute atomic E-state index is 0.393. The molecule has 0 saturated carbocycles. The van der Waals surface area contributed by atoms with Crippen LogP contribution in [0.4, 0.5) is 0 Å². The number of nitrogens with zero attached hydrogens (tertiary/aromatic N) is 6. The van der Waals surface area contributed by atoms with Crippen molar-refractivity contribution in [2.75, 3.05) is 6.54 Å². The zero-order valence-corrected chi connectivity index (χ0v) is 14.6. The predicted octanol–water partition coefficient (Wildman–Crippen LogP) is 2.39. The smallest absolute Gasteiger partial charge is 0.230 e. The molecule has 1 aliphatic heterocycles. The van der Waals surface area contributed by atoms with Gasteiger partial charge in [-0.15, -0.1) is 20.4 Å². The van der Waals surface area contributed by atoms with Gasteiger partial charge in [0.2, 0.25) is 11.8 Å². The molecule has 4 rings (SSSR count). The monoisotopic (exact) mass is 338 g/mol. The van der Waals surface area contributed by atoms with Gasteiger partial charge in [0.15, 0.2) is 0 Å². The van der Waals surface area contributed by atoms with E-state index < -0.39 is 0 Å². The van der Waals surface area contributed by atoms with Gasteiger partial charge < -0.3 is 8.98 Å². The molecule has 3 heterocycles. The van der Waals surface area contributed by atoms with Crippen molar-refractivity contribution in [1.82, 2.24) is 29.9 Å². The Labute approximate surface area is 146 Å². The molecule has 0 radical (unpaired) electrons. The average molecular weight is 338 g/mol. The third kappa shape index (κ3) is 3.46. The Kier molecular flexibility index (Phi) is 4.31. The van der Waals surface area contributed by atoms with Crippen LogP contribution in [0.25, 0.3) is 0 Å².